The quantitative estimate of drug-likeness (QED) is 0.621. The third-order valence-electron chi connectivity index (χ3n) is 3.73. The lowest BCUT2D eigenvalue weighted by Gasteiger charge is -2.28. The van der Waals surface area contributed by atoms with Gasteiger partial charge >= 0.3 is 0 Å². The van der Waals surface area contributed by atoms with E-state index in [0.717, 1.165) is 12.0 Å². The molecule has 1 aliphatic carbocycles. The third-order valence-corrected chi connectivity index (χ3v) is 3.73. The second kappa shape index (κ2) is 3.60. The Hall–Kier alpha value is -0.460. The molecule has 1 fully saturated rings. The summed E-state index contributed by atoms with van der Waals surface area (Å²) in [4.78, 5) is 0. The average Bonchev–Trinajstić information content (AvgIpc) is 2.36. The van der Waals surface area contributed by atoms with Crippen LogP contribution in [0.25, 0.3) is 0 Å². The van der Waals surface area contributed by atoms with Crippen molar-refractivity contribution in [1.29, 1.82) is 0 Å². The highest BCUT2D eigenvalue weighted by Gasteiger charge is 2.35. The molecule has 0 spiro atoms. The van der Waals surface area contributed by atoms with E-state index in [9.17, 15) is 0 Å². The second-order valence-corrected chi connectivity index (χ2v) is 5.87. The topological polar surface area (TPSA) is 12.0 Å². The monoisotopic (exact) mass is 193 g/mol. The van der Waals surface area contributed by atoms with Gasteiger partial charge in [0.15, 0.2) is 0 Å². The van der Waals surface area contributed by atoms with Gasteiger partial charge in [0.2, 0.25) is 0 Å². The molecule has 2 rings (SSSR count). The summed E-state index contributed by atoms with van der Waals surface area (Å²) in [5.41, 5.74) is 2.01. The van der Waals surface area contributed by atoms with Crippen LogP contribution in [0.5, 0.6) is 0 Å². The Morgan fingerprint density at radius 1 is 1.14 bits per heavy atom. The van der Waals surface area contributed by atoms with Crippen LogP contribution in [-0.2, 0) is 0 Å². The van der Waals surface area contributed by atoms with Gasteiger partial charge in [0.1, 0.15) is 0 Å². The molecule has 0 radical (unpaired) electrons. The van der Waals surface area contributed by atoms with Crippen LogP contribution in [0.15, 0.2) is 11.8 Å². The SMILES string of the molecule is CC(C)(C)C1=CNC2CCCCCC12. The van der Waals surface area contributed by atoms with Crippen molar-refractivity contribution in [2.24, 2.45) is 11.3 Å². The smallest absolute Gasteiger partial charge is 0.0321 e. The standard InChI is InChI=1S/C13H23N/c1-13(2,3)11-9-14-12-8-6-4-5-7-10(11)12/h9-10,12,14H,4-8H2,1-3H3. The normalized spacial score (nSPS) is 32.9. The van der Waals surface area contributed by atoms with Crippen molar-refractivity contribution in [3.8, 4) is 0 Å². The Kier molecular flexibility index (Phi) is 2.59. The fourth-order valence-corrected chi connectivity index (χ4v) is 2.96. The fraction of sp³-hybridized carbons (Fsp3) is 0.846. The summed E-state index contributed by atoms with van der Waals surface area (Å²) >= 11 is 0. The maximum absolute atomic E-state index is 3.59. The fourth-order valence-electron chi connectivity index (χ4n) is 2.96. The molecule has 2 aliphatic rings. The van der Waals surface area contributed by atoms with E-state index in [4.69, 9.17) is 0 Å². The highest BCUT2D eigenvalue weighted by atomic mass is 14.9. The van der Waals surface area contributed by atoms with Gasteiger partial charge in [-0.3, -0.25) is 0 Å². The van der Waals surface area contributed by atoms with Crippen LogP contribution in [-0.4, -0.2) is 6.04 Å². The van der Waals surface area contributed by atoms with Crippen molar-refractivity contribution >= 4 is 0 Å². The van der Waals surface area contributed by atoms with Gasteiger partial charge in [-0.1, -0.05) is 40.0 Å². The molecule has 0 bridgehead atoms. The summed E-state index contributed by atoms with van der Waals surface area (Å²) in [5.74, 6) is 0.831. The maximum atomic E-state index is 3.59. The molecule has 1 N–H and O–H groups in total. The minimum atomic E-state index is 0.358. The van der Waals surface area contributed by atoms with Crippen molar-refractivity contribution in [3.63, 3.8) is 0 Å². The van der Waals surface area contributed by atoms with Gasteiger partial charge in [-0.05, 0) is 30.0 Å². The largest absolute Gasteiger partial charge is 0.388 e. The summed E-state index contributed by atoms with van der Waals surface area (Å²) in [7, 11) is 0. The second-order valence-electron chi connectivity index (χ2n) is 5.87. The predicted octanol–water partition coefficient (Wildman–Crippen LogP) is 3.47. The average molecular weight is 193 g/mol. The van der Waals surface area contributed by atoms with Crippen LogP contribution in [0, 0.1) is 11.3 Å². The molecule has 1 aliphatic heterocycles. The molecular weight excluding hydrogens is 170 g/mol. The molecule has 1 nitrogen and oxygen atoms in total. The van der Waals surface area contributed by atoms with E-state index in [0.29, 0.717) is 5.41 Å². The first kappa shape index (κ1) is 10.1. The lowest BCUT2D eigenvalue weighted by Crippen LogP contribution is -2.28. The van der Waals surface area contributed by atoms with Gasteiger partial charge in [0.25, 0.3) is 0 Å². The van der Waals surface area contributed by atoms with Crippen LogP contribution in [0.1, 0.15) is 52.9 Å². The summed E-state index contributed by atoms with van der Waals surface area (Å²) in [5, 5.41) is 3.59. The molecule has 0 aromatic heterocycles. The number of hydrogen-bond donors (Lipinski definition) is 1. The van der Waals surface area contributed by atoms with E-state index in [1.165, 1.54) is 32.1 Å². The van der Waals surface area contributed by atoms with Crippen molar-refractivity contribution in [2.75, 3.05) is 0 Å². The van der Waals surface area contributed by atoms with Crippen molar-refractivity contribution in [3.05, 3.63) is 11.8 Å². The molecule has 1 heteroatoms. The molecule has 0 aromatic carbocycles. The minimum Gasteiger partial charge on any atom is -0.388 e. The van der Waals surface area contributed by atoms with E-state index in [1.54, 1.807) is 5.57 Å². The molecule has 0 saturated heterocycles. The van der Waals surface area contributed by atoms with Crippen molar-refractivity contribution in [2.45, 2.75) is 58.9 Å². The predicted molar refractivity (Wildman–Crippen MR) is 61.0 cm³/mol. The first-order valence-electron chi connectivity index (χ1n) is 6.05. The Labute approximate surface area is 88.0 Å². The van der Waals surface area contributed by atoms with E-state index < -0.39 is 0 Å². The lowest BCUT2D eigenvalue weighted by atomic mass is 9.76. The first-order valence-corrected chi connectivity index (χ1v) is 6.05. The van der Waals surface area contributed by atoms with Crippen LogP contribution in [0.2, 0.25) is 0 Å². The van der Waals surface area contributed by atoms with E-state index in [1.807, 2.05) is 0 Å². The maximum Gasteiger partial charge on any atom is 0.0321 e. The third kappa shape index (κ3) is 1.82. The van der Waals surface area contributed by atoms with Crippen molar-refractivity contribution in [1.82, 2.24) is 5.32 Å². The number of rotatable bonds is 0. The molecule has 2 atom stereocenters. The summed E-state index contributed by atoms with van der Waals surface area (Å²) in [6, 6.07) is 0.756. The summed E-state index contributed by atoms with van der Waals surface area (Å²) < 4.78 is 0. The molecule has 1 heterocycles. The highest BCUT2D eigenvalue weighted by molar-refractivity contribution is 5.22. The number of hydrogen-bond acceptors (Lipinski definition) is 1. The van der Waals surface area contributed by atoms with Gasteiger partial charge in [-0.15, -0.1) is 0 Å². The summed E-state index contributed by atoms with van der Waals surface area (Å²) in [6.45, 7) is 7.02. The number of fused-ring (bicyclic) bond motifs is 1. The first-order chi connectivity index (χ1) is 6.59. The molecule has 1 saturated carbocycles. The van der Waals surface area contributed by atoms with Crippen LogP contribution in [0.3, 0.4) is 0 Å². The highest BCUT2D eigenvalue weighted by Crippen LogP contribution is 2.41. The Morgan fingerprint density at radius 2 is 1.86 bits per heavy atom. The van der Waals surface area contributed by atoms with E-state index >= 15 is 0 Å². The van der Waals surface area contributed by atoms with Crippen molar-refractivity contribution < 1.29 is 0 Å². The van der Waals surface area contributed by atoms with Gasteiger partial charge in [-0.2, -0.15) is 0 Å². The minimum absolute atomic E-state index is 0.358. The molecule has 0 aromatic rings. The molecule has 0 amide bonds. The zero-order chi connectivity index (χ0) is 10.2. The molecular formula is C13H23N. The van der Waals surface area contributed by atoms with Gasteiger partial charge in [-0.25, -0.2) is 0 Å². The van der Waals surface area contributed by atoms with Crippen LogP contribution in [0.4, 0.5) is 0 Å². The van der Waals surface area contributed by atoms with E-state index in [-0.39, 0.29) is 0 Å². The molecule has 80 valence electrons. The van der Waals surface area contributed by atoms with E-state index in [2.05, 4.69) is 32.3 Å². The Balaban J connectivity index is 2.13. The Bertz CT molecular complexity index is 234. The van der Waals surface area contributed by atoms with Gasteiger partial charge in [0.05, 0.1) is 0 Å². The van der Waals surface area contributed by atoms with Crippen LogP contribution >= 0.6 is 0 Å². The van der Waals surface area contributed by atoms with Gasteiger partial charge in [0, 0.05) is 12.0 Å². The zero-order valence-corrected chi connectivity index (χ0v) is 9.77. The molecule has 14 heavy (non-hydrogen) atoms. The number of nitrogens with one attached hydrogen (secondary N) is 1. The van der Waals surface area contributed by atoms with Crippen LogP contribution < -0.4 is 5.32 Å². The zero-order valence-electron chi connectivity index (χ0n) is 9.77. The Morgan fingerprint density at radius 3 is 2.57 bits per heavy atom. The summed E-state index contributed by atoms with van der Waals surface area (Å²) in [6.07, 6.45) is 9.37. The lowest BCUT2D eigenvalue weighted by molar-refractivity contribution is 0.374. The van der Waals surface area contributed by atoms with Gasteiger partial charge < -0.3 is 5.32 Å². The molecule has 2 unspecified atom stereocenters.